The molecule has 1 aliphatic heterocycles. The Kier molecular flexibility index (Phi) is 7.65. The fourth-order valence-electron chi connectivity index (χ4n) is 3.00. The van der Waals surface area contributed by atoms with Crippen LogP contribution in [0, 0.1) is 0 Å². The lowest BCUT2D eigenvalue weighted by Crippen LogP contribution is -2.37. The van der Waals surface area contributed by atoms with E-state index in [1.165, 1.54) is 12.7 Å². The van der Waals surface area contributed by atoms with E-state index in [1.807, 2.05) is 6.92 Å². The van der Waals surface area contributed by atoms with Gasteiger partial charge in [-0.3, -0.25) is 4.68 Å². The Morgan fingerprint density at radius 1 is 1.22 bits per heavy atom. The lowest BCUT2D eigenvalue weighted by Gasteiger charge is -2.35. The largest absolute Gasteiger partial charge is 0.416 e. The Labute approximate surface area is 157 Å². The van der Waals surface area contributed by atoms with Gasteiger partial charge in [0.1, 0.15) is 12.7 Å². The molecule has 1 aromatic heterocycles. The highest BCUT2D eigenvalue weighted by molar-refractivity contribution is 5.49. The van der Waals surface area contributed by atoms with Gasteiger partial charge in [0.25, 0.3) is 0 Å². The van der Waals surface area contributed by atoms with Crippen LogP contribution in [-0.4, -0.2) is 38.6 Å². The van der Waals surface area contributed by atoms with E-state index in [-0.39, 0.29) is 6.10 Å². The van der Waals surface area contributed by atoms with E-state index in [0.717, 1.165) is 43.6 Å². The van der Waals surface area contributed by atoms with E-state index in [4.69, 9.17) is 5.11 Å². The molecule has 0 radical (unpaired) electrons. The Balaban J connectivity index is 0.000000223. The Morgan fingerprint density at radius 3 is 2.44 bits per heavy atom. The number of piperidine rings is 1. The standard InChI is InChI=1S/C13H16F3N.C6H11N3O/c1-10-4-2-3-9-17(10)12-7-5-11(6-8-12)13(14,15)16;1-2-6(10)3-9-5-7-4-8-9/h5-8,10H,2-4,9H2,1H3;4-6,10H,2-3H2,1H3. The Hall–Kier alpha value is -2.09. The summed E-state index contributed by atoms with van der Waals surface area (Å²) in [6.07, 6.45) is 2.69. The maximum absolute atomic E-state index is 12.4. The van der Waals surface area contributed by atoms with E-state index in [2.05, 4.69) is 21.9 Å². The van der Waals surface area contributed by atoms with Crippen LogP contribution in [0.5, 0.6) is 0 Å². The van der Waals surface area contributed by atoms with Gasteiger partial charge in [0, 0.05) is 18.3 Å². The van der Waals surface area contributed by atoms with Gasteiger partial charge in [-0.05, 0) is 56.9 Å². The van der Waals surface area contributed by atoms with Crippen molar-refractivity contribution in [2.75, 3.05) is 11.4 Å². The third-order valence-corrected chi connectivity index (χ3v) is 4.66. The number of rotatable bonds is 4. The molecular weight excluding hydrogens is 357 g/mol. The number of anilines is 1. The van der Waals surface area contributed by atoms with Crippen molar-refractivity contribution < 1.29 is 18.3 Å². The number of aliphatic hydroxyl groups excluding tert-OH is 1. The number of hydrogen-bond donors (Lipinski definition) is 1. The zero-order valence-electron chi connectivity index (χ0n) is 15.7. The lowest BCUT2D eigenvalue weighted by molar-refractivity contribution is -0.137. The molecule has 0 amide bonds. The maximum Gasteiger partial charge on any atom is 0.416 e. The summed E-state index contributed by atoms with van der Waals surface area (Å²) in [6, 6.07) is 5.89. The maximum atomic E-state index is 12.4. The molecule has 1 aromatic carbocycles. The van der Waals surface area contributed by atoms with Crippen molar-refractivity contribution in [3.05, 3.63) is 42.5 Å². The molecule has 0 bridgehead atoms. The molecule has 2 atom stereocenters. The van der Waals surface area contributed by atoms with Crippen LogP contribution in [0.4, 0.5) is 18.9 Å². The fourth-order valence-corrected chi connectivity index (χ4v) is 3.00. The highest BCUT2D eigenvalue weighted by Gasteiger charge is 2.30. The average Bonchev–Trinajstić information content (AvgIpc) is 3.15. The second-order valence-corrected chi connectivity index (χ2v) is 6.76. The normalized spacial score (nSPS) is 18.6. The first-order valence-corrected chi connectivity index (χ1v) is 9.25. The topological polar surface area (TPSA) is 54.2 Å². The number of halogens is 3. The molecule has 3 rings (SSSR count). The summed E-state index contributed by atoms with van der Waals surface area (Å²) in [5.41, 5.74) is 0.316. The van der Waals surface area contributed by atoms with Crippen LogP contribution in [0.3, 0.4) is 0 Å². The molecule has 8 heteroatoms. The molecule has 2 aromatic rings. The van der Waals surface area contributed by atoms with E-state index in [9.17, 15) is 13.2 Å². The molecule has 0 saturated carbocycles. The van der Waals surface area contributed by atoms with Crippen molar-refractivity contribution in [1.82, 2.24) is 14.8 Å². The number of hydrogen-bond acceptors (Lipinski definition) is 4. The average molecular weight is 384 g/mol. The smallest absolute Gasteiger partial charge is 0.391 e. The highest BCUT2D eigenvalue weighted by Crippen LogP contribution is 2.31. The molecule has 2 unspecified atom stereocenters. The minimum atomic E-state index is -4.24. The van der Waals surface area contributed by atoms with Crippen LogP contribution in [-0.2, 0) is 12.7 Å². The van der Waals surface area contributed by atoms with Crippen molar-refractivity contribution in [2.45, 2.75) is 64.4 Å². The van der Waals surface area contributed by atoms with Crippen molar-refractivity contribution in [1.29, 1.82) is 0 Å². The quantitative estimate of drug-likeness (QED) is 0.861. The van der Waals surface area contributed by atoms with Gasteiger partial charge in [-0.1, -0.05) is 6.92 Å². The predicted molar refractivity (Wildman–Crippen MR) is 98.4 cm³/mol. The molecule has 27 heavy (non-hydrogen) atoms. The van der Waals surface area contributed by atoms with Crippen LogP contribution in [0.1, 0.15) is 45.1 Å². The summed E-state index contributed by atoms with van der Waals surface area (Å²) >= 11 is 0. The van der Waals surface area contributed by atoms with E-state index in [1.54, 1.807) is 23.1 Å². The minimum Gasteiger partial charge on any atom is -0.391 e. The van der Waals surface area contributed by atoms with Crippen molar-refractivity contribution in [3.8, 4) is 0 Å². The summed E-state index contributed by atoms with van der Waals surface area (Å²) in [7, 11) is 0. The van der Waals surface area contributed by atoms with E-state index >= 15 is 0 Å². The minimum absolute atomic E-state index is 0.304. The predicted octanol–water partition coefficient (Wildman–Crippen LogP) is 4.13. The van der Waals surface area contributed by atoms with Crippen molar-refractivity contribution in [3.63, 3.8) is 0 Å². The van der Waals surface area contributed by atoms with E-state index < -0.39 is 11.7 Å². The Morgan fingerprint density at radius 2 is 1.93 bits per heavy atom. The van der Waals surface area contributed by atoms with E-state index in [0.29, 0.717) is 12.6 Å². The fraction of sp³-hybridized carbons (Fsp3) is 0.579. The van der Waals surface area contributed by atoms with Crippen molar-refractivity contribution in [2.24, 2.45) is 0 Å². The molecule has 0 spiro atoms. The summed E-state index contributed by atoms with van der Waals surface area (Å²) < 4.78 is 38.9. The van der Waals surface area contributed by atoms with Crippen LogP contribution >= 0.6 is 0 Å². The SMILES string of the molecule is CC1CCCCN1c1ccc(C(F)(F)F)cc1.CCC(O)Cn1cncn1. The van der Waals surface area contributed by atoms with Gasteiger partial charge in [0.05, 0.1) is 18.2 Å². The van der Waals surface area contributed by atoms with Gasteiger partial charge in [-0.25, -0.2) is 4.98 Å². The van der Waals surface area contributed by atoms with Gasteiger partial charge >= 0.3 is 6.18 Å². The summed E-state index contributed by atoms with van der Waals surface area (Å²) in [6.45, 7) is 5.53. The van der Waals surface area contributed by atoms with Crippen molar-refractivity contribution >= 4 is 5.69 Å². The molecule has 1 fully saturated rings. The van der Waals surface area contributed by atoms with Gasteiger partial charge in [0.2, 0.25) is 0 Å². The number of aromatic nitrogens is 3. The number of benzene rings is 1. The Bertz CT molecular complexity index is 659. The number of alkyl halides is 3. The zero-order chi connectivity index (χ0) is 19.9. The monoisotopic (exact) mass is 384 g/mol. The van der Waals surface area contributed by atoms with Gasteiger partial charge < -0.3 is 10.0 Å². The van der Waals surface area contributed by atoms with Crippen LogP contribution in [0.2, 0.25) is 0 Å². The molecule has 1 saturated heterocycles. The third-order valence-electron chi connectivity index (χ3n) is 4.66. The second-order valence-electron chi connectivity index (χ2n) is 6.76. The molecule has 1 N–H and O–H groups in total. The molecule has 0 aliphatic carbocycles. The first kappa shape index (κ1) is 21.2. The second kappa shape index (κ2) is 9.73. The summed E-state index contributed by atoms with van der Waals surface area (Å²) in [4.78, 5) is 5.93. The molecule has 1 aliphatic rings. The molecule has 5 nitrogen and oxygen atoms in total. The molecule has 150 valence electrons. The van der Waals surface area contributed by atoms with Crippen LogP contribution < -0.4 is 4.90 Å². The highest BCUT2D eigenvalue weighted by atomic mass is 19.4. The van der Waals surface area contributed by atoms with Gasteiger partial charge in [-0.2, -0.15) is 18.3 Å². The van der Waals surface area contributed by atoms with Gasteiger partial charge in [0.15, 0.2) is 0 Å². The molecule has 2 heterocycles. The number of aliphatic hydroxyl groups is 1. The first-order valence-electron chi connectivity index (χ1n) is 9.25. The summed E-state index contributed by atoms with van der Waals surface area (Å²) in [5.74, 6) is 0. The first-order chi connectivity index (χ1) is 12.8. The lowest BCUT2D eigenvalue weighted by atomic mass is 10.0. The van der Waals surface area contributed by atoms with Crippen LogP contribution in [0.25, 0.3) is 0 Å². The van der Waals surface area contributed by atoms with Crippen LogP contribution in [0.15, 0.2) is 36.9 Å². The molecular formula is C19H27F3N4O. The van der Waals surface area contributed by atoms with Gasteiger partial charge in [-0.15, -0.1) is 0 Å². The summed E-state index contributed by atoms with van der Waals surface area (Å²) in [5, 5.41) is 13.0. The zero-order valence-corrected chi connectivity index (χ0v) is 15.7. The third kappa shape index (κ3) is 6.53. The number of nitrogens with zero attached hydrogens (tertiary/aromatic N) is 4.